The van der Waals surface area contributed by atoms with E-state index < -0.39 is 5.97 Å². The fraction of sp³-hybridized carbons (Fsp3) is 0.200. The number of hydrogen-bond donors (Lipinski definition) is 1. The number of hydrogen-bond acceptors (Lipinski definition) is 4. The lowest BCUT2D eigenvalue weighted by Gasteiger charge is -2.05. The average molecular weight is 191 g/mol. The van der Waals surface area contributed by atoms with Crippen LogP contribution in [0.4, 0.5) is 0 Å². The minimum Gasteiger partial charge on any atom is -0.550 e. The van der Waals surface area contributed by atoms with Gasteiger partial charge in [0, 0.05) is 5.97 Å². The van der Waals surface area contributed by atoms with Crippen LogP contribution in [0.1, 0.15) is 18.4 Å². The maximum absolute atomic E-state index is 10.2. The van der Waals surface area contributed by atoms with E-state index in [1.165, 1.54) is 0 Å². The molecule has 0 saturated carbocycles. The molecule has 0 aromatic heterocycles. The molecule has 0 atom stereocenters. The molecule has 0 saturated heterocycles. The Kier molecular flexibility index (Phi) is 3.67. The second-order valence-electron chi connectivity index (χ2n) is 2.81. The molecule has 0 amide bonds. The van der Waals surface area contributed by atoms with Gasteiger partial charge >= 0.3 is 0 Å². The first-order valence-corrected chi connectivity index (χ1v) is 4.26. The van der Waals surface area contributed by atoms with E-state index in [4.69, 9.17) is 5.84 Å². The van der Waals surface area contributed by atoms with E-state index in [0.29, 0.717) is 12.1 Å². The molecule has 1 aromatic carbocycles. The summed E-state index contributed by atoms with van der Waals surface area (Å²) in [4.78, 5) is 10.2. The van der Waals surface area contributed by atoms with E-state index in [2.05, 4.69) is 5.10 Å². The summed E-state index contributed by atoms with van der Waals surface area (Å²) in [6.07, 6.45) is 0.230. The Bertz CT molecular complexity index is 333. The Morgan fingerprint density at radius 1 is 1.29 bits per heavy atom. The third kappa shape index (κ3) is 2.90. The molecule has 74 valence electrons. The molecule has 4 heteroatoms. The van der Waals surface area contributed by atoms with Gasteiger partial charge in [-0.1, -0.05) is 30.3 Å². The lowest BCUT2D eigenvalue weighted by Crippen LogP contribution is -2.23. The number of carbonyl (C=O) groups excluding carboxylic acids is 1. The van der Waals surface area contributed by atoms with E-state index in [-0.39, 0.29) is 6.42 Å². The highest BCUT2D eigenvalue weighted by Crippen LogP contribution is 2.05. The molecule has 0 bridgehead atoms. The summed E-state index contributed by atoms with van der Waals surface area (Å²) >= 11 is 0. The van der Waals surface area contributed by atoms with Gasteiger partial charge in [0.25, 0.3) is 0 Å². The minimum atomic E-state index is -1.10. The van der Waals surface area contributed by atoms with E-state index in [0.717, 1.165) is 5.56 Å². The summed E-state index contributed by atoms with van der Waals surface area (Å²) in [7, 11) is 0. The number of hydrazone groups is 1. The highest BCUT2D eigenvalue weighted by molar-refractivity contribution is 6.01. The number of benzene rings is 1. The third-order valence-corrected chi connectivity index (χ3v) is 1.83. The SMILES string of the molecule is N/N=C(/CCC(=O)[O-])c1ccccc1. The predicted octanol–water partition coefficient (Wildman–Crippen LogP) is -0.120. The van der Waals surface area contributed by atoms with Crippen LogP contribution in [0.15, 0.2) is 35.4 Å². The molecule has 0 aliphatic carbocycles. The van der Waals surface area contributed by atoms with Gasteiger partial charge in [-0.15, -0.1) is 0 Å². The molecule has 0 radical (unpaired) electrons. The van der Waals surface area contributed by atoms with Crippen molar-refractivity contribution in [3.05, 3.63) is 35.9 Å². The van der Waals surface area contributed by atoms with Crippen LogP contribution in [0.2, 0.25) is 0 Å². The minimum absolute atomic E-state index is 0.0646. The molecule has 1 aromatic rings. The Hall–Kier alpha value is -1.84. The van der Waals surface area contributed by atoms with Crippen LogP contribution in [-0.2, 0) is 4.79 Å². The molecule has 0 fully saturated rings. The van der Waals surface area contributed by atoms with Crippen LogP contribution in [0, 0.1) is 0 Å². The number of nitrogens with two attached hydrogens (primary N) is 1. The maximum Gasteiger partial charge on any atom is 0.0676 e. The van der Waals surface area contributed by atoms with Gasteiger partial charge in [0.2, 0.25) is 0 Å². The highest BCUT2D eigenvalue weighted by atomic mass is 16.4. The van der Waals surface area contributed by atoms with Crippen molar-refractivity contribution in [3.8, 4) is 0 Å². The Morgan fingerprint density at radius 2 is 1.93 bits per heavy atom. The van der Waals surface area contributed by atoms with Crippen molar-refractivity contribution in [1.29, 1.82) is 0 Å². The Labute approximate surface area is 82.1 Å². The number of nitrogens with zero attached hydrogens (tertiary/aromatic N) is 1. The lowest BCUT2D eigenvalue weighted by molar-refractivity contribution is -0.305. The molecule has 0 spiro atoms. The summed E-state index contributed by atoms with van der Waals surface area (Å²) in [6.45, 7) is 0. The van der Waals surface area contributed by atoms with Crippen molar-refractivity contribution in [2.45, 2.75) is 12.8 Å². The molecule has 4 nitrogen and oxygen atoms in total. The fourth-order valence-electron chi connectivity index (χ4n) is 1.13. The van der Waals surface area contributed by atoms with E-state index in [9.17, 15) is 9.90 Å². The first kappa shape index (κ1) is 10.2. The normalized spacial score (nSPS) is 11.3. The lowest BCUT2D eigenvalue weighted by atomic mass is 10.1. The molecular formula is C10H11N2O2-. The highest BCUT2D eigenvalue weighted by Gasteiger charge is 2.02. The average Bonchev–Trinajstić information content (AvgIpc) is 2.20. The van der Waals surface area contributed by atoms with E-state index in [1.807, 2.05) is 30.3 Å². The summed E-state index contributed by atoms with van der Waals surface area (Å²) in [6, 6.07) is 9.23. The largest absolute Gasteiger partial charge is 0.550 e. The van der Waals surface area contributed by atoms with Crippen LogP contribution in [0.5, 0.6) is 0 Å². The van der Waals surface area contributed by atoms with Crippen LogP contribution < -0.4 is 10.9 Å². The zero-order valence-electron chi connectivity index (χ0n) is 7.64. The summed E-state index contributed by atoms with van der Waals surface area (Å²) in [5.74, 6) is 4.07. The molecular weight excluding hydrogens is 180 g/mol. The zero-order valence-corrected chi connectivity index (χ0v) is 7.64. The Morgan fingerprint density at radius 3 is 2.43 bits per heavy atom. The topological polar surface area (TPSA) is 78.5 Å². The maximum atomic E-state index is 10.2. The van der Waals surface area contributed by atoms with Gasteiger partial charge in [-0.05, 0) is 18.4 Å². The fourth-order valence-corrected chi connectivity index (χ4v) is 1.13. The smallest absolute Gasteiger partial charge is 0.0676 e. The third-order valence-electron chi connectivity index (χ3n) is 1.83. The van der Waals surface area contributed by atoms with Crippen LogP contribution in [0.25, 0.3) is 0 Å². The van der Waals surface area contributed by atoms with E-state index >= 15 is 0 Å². The van der Waals surface area contributed by atoms with Gasteiger partial charge in [-0.25, -0.2) is 0 Å². The number of carboxylic acid groups (broad SMARTS) is 1. The van der Waals surface area contributed by atoms with Gasteiger partial charge < -0.3 is 15.7 Å². The van der Waals surface area contributed by atoms with Gasteiger partial charge in [0.15, 0.2) is 0 Å². The van der Waals surface area contributed by atoms with Crippen molar-refractivity contribution in [3.63, 3.8) is 0 Å². The molecule has 2 N–H and O–H groups in total. The van der Waals surface area contributed by atoms with Crippen LogP contribution in [-0.4, -0.2) is 11.7 Å². The summed E-state index contributed by atoms with van der Waals surface area (Å²) < 4.78 is 0. The van der Waals surface area contributed by atoms with Crippen molar-refractivity contribution < 1.29 is 9.90 Å². The first-order chi connectivity index (χ1) is 6.74. The predicted molar refractivity (Wildman–Crippen MR) is 51.4 cm³/mol. The summed E-state index contributed by atoms with van der Waals surface area (Å²) in [5.41, 5.74) is 1.42. The van der Waals surface area contributed by atoms with Gasteiger partial charge in [-0.3, -0.25) is 0 Å². The van der Waals surface area contributed by atoms with Crippen LogP contribution in [0.3, 0.4) is 0 Å². The standard InChI is InChI=1S/C10H12N2O2/c11-12-9(6-7-10(13)14)8-4-2-1-3-5-8/h1-5H,6-7,11H2,(H,13,14)/p-1/b12-9-. The van der Waals surface area contributed by atoms with Crippen molar-refractivity contribution in [2.24, 2.45) is 10.9 Å². The second kappa shape index (κ2) is 5.01. The van der Waals surface area contributed by atoms with E-state index in [1.54, 1.807) is 0 Å². The number of rotatable bonds is 4. The molecule has 0 unspecified atom stereocenters. The van der Waals surface area contributed by atoms with Gasteiger partial charge in [-0.2, -0.15) is 5.10 Å². The summed E-state index contributed by atoms with van der Waals surface area (Å²) in [5, 5.41) is 13.8. The van der Waals surface area contributed by atoms with Crippen molar-refractivity contribution in [2.75, 3.05) is 0 Å². The van der Waals surface area contributed by atoms with Crippen molar-refractivity contribution >= 4 is 11.7 Å². The molecule has 0 aliphatic rings. The van der Waals surface area contributed by atoms with Gasteiger partial charge in [0.1, 0.15) is 0 Å². The quantitative estimate of drug-likeness (QED) is 0.409. The zero-order chi connectivity index (χ0) is 10.4. The monoisotopic (exact) mass is 191 g/mol. The first-order valence-electron chi connectivity index (χ1n) is 4.26. The van der Waals surface area contributed by atoms with Gasteiger partial charge in [0.05, 0.1) is 5.71 Å². The molecule has 14 heavy (non-hydrogen) atoms. The molecule has 0 heterocycles. The number of carbonyl (C=O) groups is 1. The molecule has 1 rings (SSSR count). The van der Waals surface area contributed by atoms with Crippen LogP contribution >= 0.6 is 0 Å². The number of aliphatic carboxylic acids is 1. The number of carboxylic acids is 1. The Balaban J connectivity index is 2.69. The molecule has 0 aliphatic heterocycles. The van der Waals surface area contributed by atoms with Crippen molar-refractivity contribution in [1.82, 2.24) is 0 Å². The second-order valence-corrected chi connectivity index (χ2v) is 2.81.